The van der Waals surface area contributed by atoms with E-state index in [0.717, 1.165) is 6.92 Å². The van der Waals surface area contributed by atoms with Crippen molar-refractivity contribution in [3.63, 3.8) is 0 Å². The van der Waals surface area contributed by atoms with Crippen LogP contribution in [0.3, 0.4) is 0 Å². The molecule has 0 unspecified atom stereocenters. The Hall–Kier alpha value is -1.69. The van der Waals surface area contributed by atoms with Gasteiger partial charge in [0.05, 0.1) is 5.56 Å². The van der Waals surface area contributed by atoms with Crippen LogP contribution in [0, 0.1) is 0 Å². The summed E-state index contributed by atoms with van der Waals surface area (Å²) in [4.78, 5) is 22.5. The SMILES string of the molecule is CC(=O)N1C(=O)c2ccccc2S1(=O)=O. The summed E-state index contributed by atoms with van der Waals surface area (Å²) in [7, 11) is -3.96. The summed E-state index contributed by atoms with van der Waals surface area (Å²) in [6.45, 7) is 1.04. The molecule has 1 aromatic rings. The molecule has 0 fully saturated rings. The second kappa shape index (κ2) is 2.90. The van der Waals surface area contributed by atoms with Gasteiger partial charge in [0.15, 0.2) is 0 Å². The Kier molecular flexibility index (Phi) is 1.90. The number of carbonyl (C=O) groups excluding carboxylic acids is 2. The van der Waals surface area contributed by atoms with Crippen molar-refractivity contribution in [1.82, 2.24) is 4.31 Å². The van der Waals surface area contributed by atoms with Crippen LogP contribution in [0.1, 0.15) is 17.3 Å². The van der Waals surface area contributed by atoms with Crippen LogP contribution in [0.2, 0.25) is 0 Å². The first-order chi connectivity index (χ1) is 6.96. The van der Waals surface area contributed by atoms with Crippen LogP contribution in [0.5, 0.6) is 0 Å². The molecule has 1 aromatic carbocycles. The van der Waals surface area contributed by atoms with E-state index in [0.29, 0.717) is 0 Å². The zero-order valence-electron chi connectivity index (χ0n) is 7.80. The molecule has 6 heteroatoms. The number of hydrogen-bond donors (Lipinski definition) is 0. The molecule has 0 saturated heterocycles. The van der Waals surface area contributed by atoms with Gasteiger partial charge in [-0.25, -0.2) is 8.42 Å². The van der Waals surface area contributed by atoms with Crippen molar-refractivity contribution in [2.24, 2.45) is 0 Å². The first kappa shape index (κ1) is 9.85. The van der Waals surface area contributed by atoms with Crippen LogP contribution in [0.15, 0.2) is 29.2 Å². The molecule has 2 amide bonds. The third-order valence-electron chi connectivity index (χ3n) is 2.11. The Morgan fingerprint density at radius 1 is 1.27 bits per heavy atom. The molecule has 0 atom stereocenters. The maximum Gasteiger partial charge on any atom is 0.276 e. The summed E-state index contributed by atoms with van der Waals surface area (Å²) in [5.74, 6) is -1.57. The molecule has 15 heavy (non-hydrogen) atoms. The average molecular weight is 225 g/mol. The predicted molar refractivity (Wildman–Crippen MR) is 50.5 cm³/mol. The third-order valence-corrected chi connectivity index (χ3v) is 3.92. The molecule has 0 spiro atoms. The fraction of sp³-hybridized carbons (Fsp3) is 0.111. The van der Waals surface area contributed by atoms with Crippen LogP contribution in [-0.2, 0) is 14.8 Å². The number of amides is 2. The molecular formula is C9H7NO4S. The summed E-state index contributed by atoms with van der Waals surface area (Å²) in [5, 5.41) is 0. The normalized spacial score (nSPS) is 17.7. The molecule has 0 aromatic heterocycles. The van der Waals surface area contributed by atoms with Gasteiger partial charge in [0, 0.05) is 6.92 Å². The van der Waals surface area contributed by atoms with E-state index in [2.05, 4.69) is 0 Å². The summed E-state index contributed by atoms with van der Waals surface area (Å²) in [6, 6.07) is 5.76. The van der Waals surface area contributed by atoms with Gasteiger partial charge in [-0.3, -0.25) is 9.59 Å². The largest absolute Gasteiger partial charge is 0.276 e. The number of fused-ring (bicyclic) bond motifs is 1. The lowest BCUT2D eigenvalue weighted by Gasteiger charge is -2.08. The first-order valence-corrected chi connectivity index (χ1v) is 5.59. The maximum absolute atomic E-state index is 11.7. The highest BCUT2D eigenvalue weighted by Crippen LogP contribution is 2.29. The van der Waals surface area contributed by atoms with Crippen LogP contribution in [0.25, 0.3) is 0 Å². The minimum atomic E-state index is -3.96. The van der Waals surface area contributed by atoms with Gasteiger partial charge < -0.3 is 0 Å². The van der Waals surface area contributed by atoms with Crippen LogP contribution in [0.4, 0.5) is 0 Å². The second-order valence-electron chi connectivity index (χ2n) is 3.09. The summed E-state index contributed by atoms with van der Waals surface area (Å²) < 4.78 is 23.7. The van der Waals surface area contributed by atoms with E-state index < -0.39 is 21.8 Å². The lowest BCUT2D eigenvalue weighted by molar-refractivity contribution is -0.122. The average Bonchev–Trinajstić information content (AvgIpc) is 2.36. The van der Waals surface area contributed by atoms with Crippen LogP contribution < -0.4 is 0 Å². The van der Waals surface area contributed by atoms with Crippen molar-refractivity contribution in [2.45, 2.75) is 11.8 Å². The van der Waals surface area contributed by atoms with Gasteiger partial charge >= 0.3 is 0 Å². The molecule has 1 aliphatic heterocycles. The van der Waals surface area contributed by atoms with Gasteiger partial charge in [-0.05, 0) is 12.1 Å². The van der Waals surface area contributed by atoms with Gasteiger partial charge in [-0.1, -0.05) is 12.1 Å². The Morgan fingerprint density at radius 3 is 2.40 bits per heavy atom. The lowest BCUT2D eigenvalue weighted by Crippen LogP contribution is -2.34. The molecule has 1 heterocycles. The van der Waals surface area contributed by atoms with Crippen molar-refractivity contribution < 1.29 is 18.0 Å². The predicted octanol–water partition coefficient (Wildman–Crippen LogP) is 0.378. The molecule has 0 bridgehead atoms. The molecular weight excluding hydrogens is 218 g/mol. The van der Waals surface area contributed by atoms with Crippen LogP contribution >= 0.6 is 0 Å². The maximum atomic E-state index is 11.7. The van der Waals surface area contributed by atoms with E-state index >= 15 is 0 Å². The Labute approximate surface area is 86.4 Å². The number of rotatable bonds is 0. The van der Waals surface area contributed by atoms with Crippen molar-refractivity contribution in [2.75, 3.05) is 0 Å². The Bertz CT molecular complexity index is 561. The quantitative estimate of drug-likeness (QED) is 0.639. The fourth-order valence-electron chi connectivity index (χ4n) is 1.50. The summed E-state index contributed by atoms with van der Waals surface area (Å²) in [5.41, 5.74) is 0.0488. The van der Waals surface area contributed by atoms with Crippen LogP contribution in [-0.4, -0.2) is 24.5 Å². The smallest absolute Gasteiger partial charge is 0.274 e. The Morgan fingerprint density at radius 2 is 1.87 bits per heavy atom. The van der Waals surface area contributed by atoms with E-state index in [-0.39, 0.29) is 14.8 Å². The molecule has 5 nitrogen and oxygen atoms in total. The molecule has 0 radical (unpaired) electrons. The highest BCUT2D eigenvalue weighted by atomic mass is 32.2. The van der Waals surface area contributed by atoms with Crippen molar-refractivity contribution in [1.29, 1.82) is 0 Å². The standard InChI is InChI=1S/C9H7NO4S/c1-6(11)10-9(12)7-4-2-3-5-8(7)15(10,13)14/h2-5H,1H3. The van der Waals surface area contributed by atoms with Gasteiger partial charge in [-0.2, -0.15) is 4.31 Å². The number of sulfonamides is 1. The number of benzene rings is 1. The van der Waals surface area contributed by atoms with E-state index in [1.165, 1.54) is 18.2 Å². The van der Waals surface area contributed by atoms with Crippen molar-refractivity contribution in [3.8, 4) is 0 Å². The monoisotopic (exact) mass is 225 g/mol. The van der Waals surface area contributed by atoms with E-state index in [1.807, 2.05) is 0 Å². The topological polar surface area (TPSA) is 71.5 Å². The number of carbonyl (C=O) groups is 2. The molecule has 0 N–H and O–H groups in total. The number of hydrogen-bond acceptors (Lipinski definition) is 4. The first-order valence-electron chi connectivity index (χ1n) is 4.15. The zero-order valence-corrected chi connectivity index (χ0v) is 8.61. The minimum Gasteiger partial charge on any atom is -0.274 e. The number of nitrogens with zero attached hydrogens (tertiary/aromatic N) is 1. The highest BCUT2D eigenvalue weighted by molar-refractivity contribution is 7.90. The van der Waals surface area contributed by atoms with Gasteiger partial charge in [0.2, 0.25) is 5.91 Å². The lowest BCUT2D eigenvalue weighted by atomic mass is 10.2. The third kappa shape index (κ3) is 1.18. The van der Waals surface area contributed by atoms with E-state index in [4.69, 9.17) is 0 Å². The Balaban J connectivity index is 2.77. The molecule has 0 aliphatic carbocycles. The highest BCUT2D eigenvalue weighted by Gasteiger charge is 2.43. The second-order valence-corrected chi connectivity index (χ2v) is 4.84. The molecule has 78 valence electrons. The zero-order chi connectivity index (χ0) is 11.2. The summed E-state index contributed by atoms with van der Waals surface area (Å²) in [6.07, 6.45) is 0. The summed E-state index contributed by atoms with van der Waals surface area (Å²) >= 11 is 0. The van der Waals surface area contributed by atoms with Gasteiger partial charge in [-0.15, -0.1) is 0 Å². The molecule has 1 aliphatic rings. The molecule has 2 rings (SSSR count). The van der Waals surface area contributed by atoms with Crippen molar-refractivity contribution >= 4 is 21.8 Å². The fourth-order valence-corrected chi connectivity index (χ4v) is 3.03. The minimum absolute atomic E-state index is 0.0488. The molecule has 0 saturated carbocycles. The van der Waals surface area contributed by atoms with Gasteiger partial charge in [0.1, 0.15) is 4.90 Å². The van der Waals surface area contributed by atoms with E-state index in [1.54, 1.807) is 6.07 Å². The van der Waals surface area contributed by atoms with Crippen molar-refractivity contribution in [3.05, 3.63) is 29.8 Å². The number of imide groups is 1. The van der Waals surface area contributed by atoms with E-state index in [9.17, 15) is 18.0 Å². The van der Waals surface area contributed by atoms with Gasteiger partial charge in [0.25, 0.3) is 15.9 Å².